The Bertz CT molecular complexity index is 2090. The number of aromatic nitrogens is 2. The molecule has 0 bridgehead atoms. The number of aryl methyl sites for hydroxylation is 1. The molecule has 1 saturated heterocycles. The number of pyridine rings is 2. The van der Waals surface area contributed by atoms with Gasteiger partial charge < -0.3 is 24.8 Å². The summed E-state index contributed by atoms with van der Waals surface area (Å²) in [5.74, 6) is 0.609. The molecule has 3 aromatic heterocycles. The van der Waals surface area contributed by atoms with Crippen molar-refractivity contribution in [1.82, 2.24) is 14.9 Å². The highest BCUT2D eigenvalue weighted by molar-refractivity contribution is 7.14. The summed E-state index contributed by atoms with van der Waals surface area (Å²) in [4.78, 5) is 48.5. The lowest BCUT2D eigenvalue weighted by atomic mass is 9.15. The van der Waals surface area contributed by atoms with Crippen LogP contribution in [0.3, 0.4) is 0 Å². The van der Waals surface area contributed by atoms with Gasteiger partial charge in [-0.3, -0.25) is 14.4 Å². The third-order valence-electron chi connectivity index (χ3n) is 12.2. The van der Waals surface area contributed by atoms with Crippen LogP contribution in [0.25, 0.3) is 11.1 Å². The van der Waals surface area contributed by atoms with Crippen molar-refractivity contribution < 1.29 is 14.3 Å². The van der Waals surface area contributed by atoms with Crippen LogP contribution in [0.15, 0.2) is 53.6 Å². The number of nitrogens with one attached hydrogen (secondary N) is 2. The van der Waals surface area contributed by atoms with E-state index in [4.69, 9.17) is 4.74 Å². The Balaban J connectivity index is 1.27. The molecule has 4 aromatic rings. The Hall–Kier alpha value is -3.89. The van der Waals surface area contributed by atoms with E-state index in [2.05, 4.69) is 62.7 Å². The first-order chi connectivity index (χ1) is 23.6. The summed E-state index contributed by atoms with van der Waals surface area (Å²) in [5.41, 5.74) is 6.83. The van der Waals surface area contributed by atoms with E-state index >= 15 is 0 Å². The predicted octanol–water partition coefficient (Wildman–Crippen LogP) is -1.05. The molecule has 1 fully saturated rings. The summed E-state index contributed by atoms with van der Waals surface area (Å²) >= 11 is 1.66. The summed E-state index contributed by atoms with van der Waals surface area (Å²) in [5, 5.41) is 6.51. The number of carbonyl (C=O) groups is 2. The highest BCUT2D eigenvalue weighted by Gasteiger charge is 2.54. The molecule has 1 aliphatic carbocycles. The number of ether oxygens (including phenoxy) is 1. The monoisotopic (exact) mass is 681 g/mol. The maximum absolute atomic E-state index is 14.5. The molecule has 2 aliphatic heterocycles. The van der Waals surface area contributed by atoms with Crippen molar-refractivity contribution >= 4 is 87.5 Å². The van der Waals surface area contributed by atoms with Crippen molar-refractivity contribution in [3.8, 4) is 11.1 Å². The number of anilines is 3. The fourth-order valence-electron chi connectivity index (χ4n) is 7.99. The second kappa shape index (κ2) is 12.4. The fourth-order valence-corrected chi connectivity index (χ4v) is 9.68. The molecule has 0 atom stereocenters. The maximum atomic E-state index is 14.5. The molecule has 7 rings (SSSR count). The van der Waals surface area contributed by atoms with E-state index < -0.39 is 5.97 Å². The molecule has 5 heterocycles. The lowest BCUT2D eigenvalue weighted by Crippen LogP contribution is -2.54. The minimum absolute atomic E-state index is 0.0154. The number of rotatable bonds is 7. The lowest BCUT2D eigenvalue weighted by Gasteiger charge is -2.58. The Kier molecular flexibility index (Phi) is 8.57. The number of nitrogens with zero attached hydrogens (tertiary/aromatic N) is 3. The van der Waals surface area contributed by atoms with Gasteiger partial charge in [0.1, 0.15) is 33.8 Å². The van der Waals surface area contributed by atoms with Crippen molar-refractivity contribution in [2.75, 3.05) is 29.9 Å². The number of hydrogen-bond donors (Lipinski definition) is 2. The molecular weight excluding hydrogens is 639 g/mol. The SMILES string of the molecule is BC1(B)Cc2sc3c(c2C(B)(B)C1(B)B)CCN(c1cccc(-c2cc(Nc4ccc(C5CNC5)cn4)c(=O)n(C)c2)c1COC(C)=O)C3=O. The third kappa shape index (κ3) is 5.59. The molecule has 0 unspecified atom stereocenters. The minimum atomic E-state index is -0.411. The molecule has 1 amide bonds. The smallest absolute Gasteiger partial charge is 0.302 e. The van der Waals surface area contributed by atoms with Gasteiger partial charge in [0, 0.05) is 67.9 Å². The maximum Gasteiger partial charge on any atom is 0.302 e. The normalized spacial score (nSPS) is 18.8. The van der Waals surface area contributed by atoms with Gasteiger partial charge in [0.2, 0.25) is 0 Å². The van der Waals surface area contributed by atoms with E-state index in [1.54, 1.807) is 30.6 Å². The van der Waals surface area contributed by atoms with E-state index in [0.29, 0.717) is 35.2 Å². The van der Waals surface area contributed by atoms with E-state index in [1.807, 2.05) is 41.4 Å². The zero-order chi connectivity index (χ0) is 35.7. The number of fused-ring (bicyclic) bond motifs is 3. The van der Waals surface area contributed by atoms with Crippen molar-refractivity contribution in [2.45, 2.75) is 47.9 Å². The number of amides is 1. The zero-order valence-electron chi connectivity index (χ0n) is 30.3. The van der Waals surface area contributed by atoms with Gasteiger partial charge in [-0.05, 0) is 53.3 Å². The van der Waals surface area contributed by atoms with Gasteiger partial charge in [-0.15, -0.1) is 11.3 Å². The van der Waals surface area contributed by atoms with Gasteiger partial charge in [0.25, 0.3) is 11.5 Å². The largest absolute Gasteiger partial charge is 0.461 e. The predicted molar refractivity (Wildman–Crippen MR) is 217 cm³/mol. The van der Waals surface area contributed by atoms with Crippen LogP contribution in [-0.4, -0.2) is 88.1 Å². The number of thiophene rings is 1. The topological polar surface area (TPSA) is 106 Å². The van der Waals surface area contributed by atoms with Gasteiger partial charge in [-0.1, -0.05) is 33.8 Å². The van der Waals surface area contributed by atoms with Crippen LogP contribution >= 0.6 is 11.3 Å². The van der Waals surface area contributed by atoms with Crippen molar-refractivity contribution in [3.05, 3.63) is 91.2 Å². The first-order valence-electron chi connectivity index (χ1n) is 17.5. The van der Waals surface area contributed by atoms with Crippen LogP contribution in [0.4, 0.5) is 17.2 Å². The molecule has 1 aromatic carbocycles. The first-order valence-corrected chi connectivity index (χ1v) is 18.3. The number of hydrogen-bond acceptors (Lipinski definition) is 8. The number of benzene rings is 1. The van der Waals surface area contributed by atoms with Crippen LogP contribution in [0.1, 0.15) is 49.6 Å². The molecule has 50 heavy (non-hydrogen) atoms. The van der Waals surface area contributed by atoms with Gasteiger partial charge in [-0.2, -0.15) is 0 Å². The number of esters is 1. The summed E-state index contributed by atoms with van der Waals surface area (Å²) in [6.45, 7) is 3.78. The average molecular weight is 681 g/mol. The summed E-state index contributed by atoms with van der Waals surface area (Å²) < 4.78 is 7.15. The Labute approximate surface area is 302 Å². The Morgan fingerprint density at radius 3 is 2.54 bits per heavy atom. The van der Waals surface area contributed by atoms with E-state index in [1.165, 1.54) is 33.1 Å². The minimum Gasteiger partial charge on any atom is -0.461 e. The molecule has 0 saturated carbocycles. The zero-order valence-corrected chi connectivity index (χ0v) is 31.1. The summed E-state index contributed by atoms with van der Waals surface area (Å²) in [7, 11) is 15.8. The quantitative estimate of drug-likeness (QED) is 0.190. The van der Waals surface area contributed by atoms with Crippen LogP contribution < -0.4 is 21.1 Å². The summed E-state index contributed by atoms with van der Waals surface area (Å²) in [6, 6.07) is 11.5. The third-order valence-corrected chi connectivity index (χ3v) is 13.5. The van der Waals surface area contributed by atoms with Crippen LogP contribution in [0.2, 0.25) is 10.4 Å². The van der Waals surface area contributed by atoms with E-state index in [9.17, 15) is 14.4 Å². The van der Waals surface area contributed by atoms with E-state index in [0.717, 1.165) is 41.9 Å². The lowest BCUT2D eigenvalue weighted by molar-refractivity contribution is -0.142. The van der Waals surface area contributed by atoms with Gasteiger partial charge in [-0.25, -0.2) is 4.98 Å². The standard InChI is InChI=1S/C34H41B6N5O4S/c1-17(46)49-16-23-21(19-10-24(30(47)44(2)15-19)43-27-7-6-18(14-42-27)20-12-41-13-20)4-3-5-25(23)45-9-8-22-28-26(50-29(22)31(45)48)11-32(35,36)34(39,40)33(28,37)38/h3-7,10,14-15,20,41H,8-9,11-13,16,35-40H2,1-2H3,(H,42,43). The van der Waals surface area contributed by atoms with Crippen molar-refractivity contribution in [2.24, 2.45) is 7.05 Å². The van der Waals surface area contributed by atoms with Gasteiger partial charge in [0.15, 0.2) is 0 Å². The molecule has 3 aliphatic rings. The molecule has 0 spiro atoms. The molecule has 250 valence electrons. The molecule has 2 N–H and O–H groups in total. The van der Waals surface area contributed by atoms with Crippen LogP contribution in [-0.2, 0) is 41.2 Å². The van der Waals surface area contributed by atoms with Gasteiger partial charge in [0.05, 0.1) is 41.9 Å². The van der Waals surface area contributed by atoms with E-state index in [-0.39, 0.29) is 33.7 Å². The first kappa shape index (κ1) is 34.6. The van der Waals surface area contributed by atoms with Crippen LogP contribution in [0.5, 0.6) is 0 Å². The summed E-state index contributed by atoms with van der Waals surface area (Å²) in [6.07, 6.45) is 5.33. The van der Waals surface area contributed by atoms with Crippen molar-refractivity contribution in [3.63, 3.8) is 0 Å². The second-order valence-corrected chi connectivity index (χ2v) is 16.9. The average Bonchev–Trinajstić information content (AvgIpc) is 3.40. The highest BCUT2D eigenvalue weighted by atomic mass is 32.1. The molecule has 9 nitrogen and oxygen atoms in total. The molecule has 0 radical (unpaired) electrons. The highest BCUT2D eigenvalue weighted by Crippen LogP contribution is 2.61. The fraction of sp³-hybridized carbons (Fsp3) is 0.353. The Morgan fingerprint density at radius 1 is 1.12 bits per heavy atom. The molecular formula is C34H41B6N5O4S. The van der Waals surface area contributed by atoms with Crippen molar-refractivity contribution in [1.29, 1.82) is 0 Å². The van der Waals surface area contributed by atoms with Gasteiger partial charge >= 0.3 is 5.97 Å². The second-order valence-electron chi connectivity index (χ2n) is 15.8. The molecule has 16 heteroatoms. The van der Waals surface area contributed by atoms with Crippen LogP contribution in [0, 0.1) is 0 Å². The Morgan fingerprint density at radius 2 is 1.88 bits per heavy atom. The number of carbonyl (C=O) groups excluding carboxylic acids is 2.